The molecule has 0 aliphatic heterocycles. The van der Waals surface area contributed by atoms with Gasteiger partial charge in [-0.25, -0.2) is 18.1 Å². The molecule has 2 rings (SSSR count). The van der Waals surface area contributed by atoms with Crippen LogP contribution in [0.25, 0.3) is 0 Å². The SMILES string of the molecule is Cc1ccc(S(=O)(=O)NCc2nc(CC(=O)O)cs2)c(C)c1. The van der Waals surface area contributed by atoms with Crippen molar-refractivity contribution in [1.29, 1.82) is 0 Å². The largest absolute Gasteiger partial charge is 0.481 e. The van der Waals surface area contributed by atoms with Gasteiger partial charge < -0.3 is 5.11 Å². The van der Waals surface area contributed by atoms with Gasteiger partial charge in [0.25, 0.3) is 0 Å². The third-order valence-corrected chi connectivity index (χ3v) is 5.42. The quantitative estimate of drug-likeness (QED) is 0.837. The Labute approximate surface area is 132 Å². The Hall–Kier alpha value is -1.77. The van der Waals surface area contributed by atoms with Crippen molar-refractivity contribution in [3.63, 3.8) is 0 Å². The van der Waals surface area contributed by atoms with Crippen molar-refractivity contribution in [3.8, 4) is 0 Å². The van der Waals surface area contributed by atoms with Gasteiger partial charge in [0.15, 0.2) is 0 Å². The highest BCUT2D eigenvalue weighted by Gasteiger charge is 2.17. The van der Waals surface area contributed by atoms with Crippen molar-refractivity contribution in [2.24, 2.45) is 0 Å². The molecule has 0 spiro atoms. The number of carbonyl (C=O) groups is 1. The maximum atomic E-state index is 12.3. The van der Waals surface area contributed by atoms with E-state index in [1.54, 1.807) is 24.4 Å². The first-order chi connectivity index (χ1) is 10.3. The molecule has 1 heterocycles. The van der Waals surface area contributed by atoms with Crippen LogP contribution in [0.15, 0.2) is 28.5 Å². The number of sulfonamides is 1. The summed E-state index contributed by atoms with van der Waals surface area (Å²) in [4.78, 5) is 14.9. The molecule has 0 saturated carbocycles. The third-order valence-electron chi connectivity index (χ3n) is 2.97. The minimum absolute atomic E-state index is 0.0416. The summed E-state index contributed by atoms with van der Waals surface area (Å²) in [5.41, 5.74) is 2.10. The molecule has 2 N–H and O–H groups in total. The van der Waals surface area contributed by atoms with Crippen molar-refractivity contribution in [2.45, 2.75) is 31.7 Å². The third kappa shape index (κ3) is 4.12. The van der Waals surface area contributed by atoms with E-state index in [1.807, 2.05) is 13.0 Å². The summed E-state index contributed by atoms with van der Waals surface area (Å²) >= 11 is 1.23. The number of rotatable bonds is 6. The number of nitrogens with one attached hydrogen (secondary N) is 1. The molecule has 0 radical (unpaired) electrons. The fraction of sp³-hybridized carbons (Fsp3) is 0.286. The zero-order chi connectivity index (χ0) is 16.3. The summed E-state index contributed by atoms with van der Waals surface area (Å²) in [6, 6.07) is 5.13. The lowest BCUT2D eigenvalue weighted by molar-refractivity contribution is -0.136. The molecule has 0 atom stereocenters. The van der Waals surface area contributed by atoms with Gasteiger partial charge in [-0.3, -0.25) is 4.79 Å². The van der Waals surface area contributed by atoms with Crippen molar-refractivity contribution < 1.29 is 18.3 Å². The molecular formula is C14H16N2O4S2. The van der Waals surface area contributed by atoms with Gasteiger partial charge in [0.2, 0.25) is 10.0 Å². The topological polar surface area (TPSA) is 96.4 Å². The van der Waals surface area contributed by atoms with E-state index in [0.717, 1.165) is 5.56 Å². The van der Waals surface area contributed by atoms with E-state index in [-0.39, 0.29) is 17.9 Å². The Balaban J connectivity index is 2.09. The molecule has 0 saturated heterocycles. The van der Waals surface area contributed by atoms with Crippen LogP contribution in [-0.4, -0.2) is 24.5 Å². The summed E-state index contributed by atoms with van der Waals surface area (Å²) in [5.74, 6) is -0.965. The van der Waals surface area contributed by atoms with E-state index in [0.29, 0.717) is 16.3 Å². The van der Waals surface area contributed by atoms with Crippen LogP contribution in [0.5, 0.6) is 0 Å². The number of aryl methyl sites for hydroxylation is 2. The van der Waals surface area contributed by atoms with Crippen LogP contribution in [0.4, 0.5) is 0 Å². The number of thiazole rings is 1. The Bertz CT molecular complexity index is 797. The average molecular weight is 340 g/mol. The highest BCUT2D eigenvalue weighted by atomic mass is 32.2. The van der Waals surface area contributed by atoms with Gasteiger partial charge in [0, 0.05) is 5.38 Å². The number of hydrogen-bond donors (Lipinski definition) is 2. The van der Waals surface area contributed by atoms with Gasteiger partial charge in [-0.15, -0.1) is 11.3 Å². The Kier molecular flexibility index (Phi) is 4.94. The lowest BCUT2D eigenvalue weighted by Crippen LogP contribution is -2.24. The maximum absolute atomic E-state index is 12.3. The highest BCUT2D eigenvalue weighted by Crippen LogP contribution is 2.17. The molecular weight excluding hydrogens is 324 g/mol. The summed E-state index contributed by atoms with van der Waals surface area (Å²) in [5, 5.41) is 10.8. The molecule has 0 aliphatic carbocycles. The van der Waals surface area contributed by atoms with Crippen LogP contribution in [-0.2, 0) is 27.8 Å². The molecule has 8 heteroatoms. The summed E-state index contributed by atoms with van der Waals surface area (Å²) in [7, 11) is -3.62. The van der Waals surface area contributed by atoms with Crippen molar-refractivity contribution in [2.75, 3.05) is 0 Å². The molecule has 0 fully saturated rings. The second-order valence-electron chi connectivity index (χ2n) is 4.90. The smallest absolute Gasteiger partial charge is 0.309 e. The van der Waals surface area contributed by atoms with Gasteiger partial charge in [-0.05, 0) is 25.5 Å². The summed E-state index contributed by atoms with van der Waals surface area (Å²) < 4.78 is 27.1. The second-order valence-corrected chi connectivity index (χ2v) is 7.57. The van der Waals surface area contributed by atoms with E-state index >= 15 is 0 Å². The number of nitrogens with zero attached hydrogens (tertiary/aromatic N) is 1. The number of aromatic nitrogens is 1. The lowest BCUT2D eigenvalue weighted by atomic mass is 10.2. The van der Waals surface area contributed by atoms with E-state index in [2.05, 4.69) is 9.71 Å². The average Bonchev–Trinajstić information content (AvgIpc) is 2.83. The molecule has 0 amide bonds. The molecule has 118 valence electrons. The van der Waals surface area contributed by atoms with Crippen LogP contribution in [0, 0.1) is 13.8 Å². The van der Waals surface area contributed by atoms with Gasteiger partial charge >= 0.3 is 5.97 Å². The minimum atomic E-state index is -3.62. The van der Waals surface area contributed by atoms with E-state index < -0.39 is 16.0 Å². The Morgan fingerprint density at radius 2 is 2.09 bits per heavy atom. The highest BCUT2D eigenvalue weighted by molar-refractivity contribution is 7.89. The fourth-order valence-corrected chi connectivity index (χ4v) is 4.04. The van der Waals surface area contributed by atoms with Crippen molar-refractivity contribution in [3.05, 3.63) is 45.4 Å². The van der Waals surface area contributed by atoms with Gasteiger partial charge in [0.1, 0.15) is 5.01 Å². The minimum Gasteiger partial charge on any atom is -0.481 e. The molecule has 1 aromatic heterocycles. The second kappa shape index (κ2) is 6.55. The standard InChI is InChI=1S/C14H16N2O4S2/c1-9-3-4-12(10(2)5-9)22(19,20)15-7-13-16-11(8-21-13)6-14(17)18/h3-5,8,15H,6-7H2,1-2H3,(H,17,18). The normalized spacial score (nSPS) is 11.5. The monoisotopic (exact) mass is 340 g/mol. The molecule has 0 aliphatic rings. The molecule has 22 heavy (non-hydrogen) atoms. The molecule has 1 aromatic carbocycles. The zero-order valence-corrected chi connectivity index (χ0v) is 13.8. The van der Waals surface area contributed by atoms with Crippen LogP contribution in [0.2, 0.25) is 0 Å². The van der Waals surface area contributed by atoms with E-state index in [4.69, 9.17) is 5.11 Å². The molecule has 6 nitrogen and oxygen atoms in total. The van der Waals surface area contributed by atoms with E-state index in [1.165, 1.54) is 11.3 Å². The zero-order valence-electron chi connectivity index (χ0n) is 12.2. The first-order valence-electron chi connectivity index (χ1n) is 6.50. The summed E-state index contributed by atoms with van der Waals surface area (Å²) in [6.07, 6.45) is -0.166. The Morgan fingerprint density at radius 1 is 1.36 bits per heavy atom. The number of carboxylic acid groups (broad SMARTS) is 1. The van der Waals surface area contributed by atoms with Crippen LogP contribution < -0.4 is 4.72 Å². The van der Waals surface area contributed by atoms with Gasteiger partial charge in [0.05, 0.1) is 23.6 Å². The van der Waals surface area contributed by atoms with Crippen LogP contribution in [0.1, 0.15) is 21.8 Å². The van der Waals surface area contributed by atoms with E-state index in [9.17, 15) is 13.2 Å². The number of hydrogen-bond acceptors (Lipinski definition) is 5. The van der Waals surface area contributed by atoms with Crippen molar-refractivity contribution in [1.82, 2.24) is 9.71 Å². The number of benzene rings is 1. The van der Waals surface area contributed by atoms with Crippen LogP contribution in [0.3, 0.4) is 0 Å². The Morgan fingerprint density at radius 3 is 2.73 bits per heavy atom. The maximum Gasteiger partial charge on any atom is 0.309 e. The van der Waals surface area contributed by atoms with Crippen LogP contribution >= 0.6 is 11.3 Å². The predicted octanol–water partition coefficient (Wildman–Crippen LogP) is 1.87. The number of aliphatic carboxylic acids is 1. The predicted molar refractivity (Wildman–Crippen MR) is 83.4 cm³/mol. The first kappa shape index (κ1) is 16.6. The first-order valence-corrected chi connectivity index (χ1v) is 8.86. The van der Waals surface area contributed by atoms with Gasteiger partial charge in [-0.1, -0.05) is 17.7 Å². The van der Waals surface area contributed by atoms with Crippen molar-refractivity contribution >= 4 is 27.3 Å². The fourth-order valence-electron chi connectivity index (χ4n) is 2.00. The molecule has 2 aromatic rings. The molecule has 0 bridgehead atoms. The number of carboxylic acids is 1. The summed E-state index contributed by atoms with van der Waals surface area (Å²) in [6.45, 7) is 3.69. The molecule has 0 unspecified atom stereocenters. The van der Waals surface area contributed by atoms with Gasteiger partial charge in [-0.2, -0.15) is 0 Å². The lowest BCUT2D eigenvalue weighted by Gasteiger charge is -2.08.